The number of amides is 1. The van der Waals surface area contributed by atoms with E-state index in [-0.39, 0.29) is 18.1 Å². The van der Waals surface area contributed by atoms with E-state index in [1.807, 2.05) is 7.05 Å². The Hall–Kier alpha value is -2.91. The van der Waals surface area contributed by atoms with Gasteiger partial charge in [0.05, 0.1) is 22.1 Å². The maximum absolute atomic E-state index is 12.2. The van der Waals surface area contributed by atoms with E-state index >= 15 is 0 Å². The van der Waals surface area contributed by atoms with Gasteiger partial charge in [0.15, 0.2) is 11.0 Å². The quantitative estimate of drug-likeness (QED) is 0.358. The zero-order chi connectivity index (χ0) is 20.1. The monoisotopic (exact) mass is 417 g/mol. The van der Waals surface area contributed by atoms with Crippen LogP contribution in [0, 0.1) is 10.1 Å². The molecule has 0 atom stereocenters. The van der Waals surface area contributed by atoms with Crippen molar-refractivity contribution in [3.05, 3.63) is 80.6 Å². The lowest BCUT2D eigenvalue weighted by molar-refractivity contribution is -0.384. The average molecular weight is 418 g/mol. The Bertz CT molecular complexity index is 1010. The van der Waals surface area contributed by atoms with Crippen LogP contribution in [0.3, 0.4) is 0 Å². The standard InChI is InChI=1S/C18H16ClN5O3S/c1-23-16(10-20-17(25)14-4-2-3-5-15(14)19)21-22-18(23)28-11-12-6-8-13(9-7-12)24(26)27/h2-9H,10-11H2,1H3,(H,20,25). The third-order valence-corrected chi connectivity index (χ3v) is 5.39. The summed E-state index contributed by atoms with van der Waals surface area (Å²) in [6.45, 7) is 0.214. The van der Waals surface area contributed by atoms with Crippen LogP contribution in [0.2, 0.25) is 5.02 Å². The van der Waals surface area contributed by atoms with Crippen molar-refractivity contribution in [1.29, 1.82) is 0 Å². The minimum absolute atomic E-state index is 0.0592. The topological polar surface area (TPSA) is 103 Å². The van der Waals surface area contributed by atoms with E-state index in [1.54, 1.807) is 41.0 Å². The van der Waals surface area contributed by atoms with Gasteiger partial charge in [0.2, 0.25) is 0 Å². The van der Waals surface area contributed by atoms with Crippen molar-refractivity contribution in [2.45, 2.75) is 17.5 Å². The van der Waals surface area contributed by atoms with E-state index < -0.39 is 4.92 Å². The Morgan fingerprint density at radius 3 is 2.61 bits per heavy atom. The SMILES string of the molecule is Cn1c(CNC(=O)c2ccccc2Cl)nnc1SCc1ccc([N+](=O)[O-])cc1. The summed E-state index contributed by atoms with van der Waals surface area (Å²) in [6.07, 6.45) is 0. The van der Waals surface area contributed by atoms with Crippen molar-refractivity contribution in [2.24, 2.45) is 7.05 Å². The van der Waals surface area contributed by atoms with Crippen LogP contribution < -0.4 is 5.32 Å². The van der Waals surface area contributed by atoms with E-state index in [9.17, 15) is 14.9 Å². The second-order valence-corrected chi connectivity index (χ2v) is 7.18. The molecule has 0 saturated carbocycles. The van der Waals surface area contributed by atoms with Gasteiger partial charge in [-0.3, -0.25) is 14.9 Å². The number of hydrogen-bond donors (Lipinski definition) is 1. The first kappa shape index (κ1) is 19.8. The fourth-order valence-corrected chi connectivity index (χ4v) is 3.49. The highest BCUT2D eigenvalue weighted by molar-refractivity contribution is 7.98. The fraction of sp³-hybridized carbons (Fsp3) is 0.167. The maximum Gasteiger partial charge on any atom is 0.269 e. The molecule has 8 nitrogen and oxygen atoms in total. The van der Waals surface area contributed by atoms with E-state index in [0.29, 0.717) is 27.3 Å². The number of halogens is 1. The molecule has 3 rings (SSSR count). The molecule has 1 amide bonds. The second-order valence-electron chi connectivity index (χ2n) is 5.83. The fourth-order valence-electron chi connectivity index (χ4n) is 2.39. The Balaban J connectivity index is 1.58. The molecule has 144 valence electrons. The molecule has 3 aromatic rings. The molecule has 2 aromatic carbocycles. The van der Waals surface area contributed by atoms with Gasteiger partial charge in [-0.05, 0) is 17.7 Å². The Kier molecular flexibility index (Phi) is 6.27. The van der Waals surface area contributed by atoms with Crippen LogP contribution in [0.1, 0.15) is 21.7 Å². The molecule has 0 radical (unpaired) electrons. The van der Waals surface area contributed by atoms with Gasteiger partial charge in [0, 0.05) is 24.9 Å². The normalized spacial score (nSPS) is 10.6. The summed E-state index contributed by atoms with van der Waals surface area (Å²) in [4.78, 5) is 22.5. The number of thioether (sulfide) groups is 1. The van der Waals surface area contributed by atoms with Crippen LogP contribution in [0.15, 0.2) is 53.7 Å². The van der Waals surface area contributed by atoms with Gasteiger partial charge < -0.3 is 9.88 Å². The molecule has 28 heavy (non-hydrogen) atoms. The lowest BCUT2D eigenvalue weighted by Crippen LogP contribution is -2.24. The van der Waals surface area contributed by atoms with Crippen molar-refractivity contribution in [2.75, 3.05) is 0 Å². The molecule has 1 aromatic heterocycles. The number of nitrogens with zero attached hydrogens (tertiary/aromatic N) is 4. The van der Waals surface area contributed by atoms with Gasteiger partial charge in [0.25, 0.3) is 11.6 Å². The van der Waals surface area contributed by atoms with Gasteiger partial charge in [-0.2, -0.15) is 0 Å². The molecular weight excluding hydrogens is 402 g/mol. The molecule has 0 spiro atoms. The number of benzene rings is 2. The third kappa shape index (κ3) is 4.68. The number of aromatic nitrogens is 3. The average Bonchev–Trinajstić information content (AvgIpc) is 3.04. The molecule has 0 unspecified atom stereocenters. The number of carbonyl (C=O) groups is 1. The molecule has 10 heteroatoms. The predicted molar refractivity (Wildman–Crippen MR) is 106 cm³/mol. The number of non-ortho nitro benzene ring substituents is 1. The summed E-state index contributed by atoms with van der Waals surface area (Å²) in [5.41, 5.74) is 1.40. The van der Waals surface area contributed by atoms with E-state index in [1.165, 1.54) is 23.9 Å². The summed E-state index contributed by atoms with van der Waals surface area (Å²) in [5.74, 6) is 0.913. The number of rotatable bonds is 7. The van der Waals surface area contributed by atoms with Crippen LogP contribution in [0.25, 0.3) is 0 Å². The van der Waals surface area contributed by atoms with E-state index in [2.05, 4.69) is 15.5 Å². The molecular formula is C18H16ClN5O3S. The molecule has 0 saturated heterocycles. The number of hydrogen-bond acceptors (Lipinski definition) is 6. The van der Waals surface area contributed by atoms with Gasteiger partial charge in [-0.25, -0.2) is 0 Å². The van der Waals surface area contributed by atoms with Crippen molar-refractivity contribution in [3.8, 4) is 0 Å². The lowest BCUT2D eigenvalue weighted by atomic mass is 10.2. The zero-order valence-electron chi connectivity index (χ0n) is 14.8. The Morgan fingerprint density at radius 1 is 1.21 bits per heavy atom. The smallest absolute Gasteiger partial charge is 0.269 e. The summed E-state index contributed by atoms with van der Waals surface area (Å²) < 4.78 is 1.79. The van der Waals surface area contributed by atoms with Crippen LogP contribution in [-0.2, 0) is 19.3 Å². The number of nitrogens with one attached hydrogen (secondary N) is 1. The summed E-state index contributed by atoms with van der Waals surface area (Å²) in [7, 11) is 1.81. The lowest BCUT2D eigenvalue weighted by Gasteiger charge is -2.07. The maximum atomic E-state index is 12.2. The molecule has 0 fully saturated rings. The van der Waals surface area contributed by atoms with Crippen LogP contribution >= 0.6 is 23.4 Å². The summed E-state index contributed by atoms with van der Waals surface area (Å²) >= 11 is 7.48. The highest BCUT2D eigenvalue weighted by Crippen LogP contribution is 2.22. The largest absolute Gasteiger partial charge is 0.345 e. The first-order valence-electron chi connectivity index (χ1n) is 8.23. The van der Waals surface area contributed by atoms with Crippen molar-refractivity contribution in [1.82, 2.24) is 20.1 Å². The highest BCUT2D eigenvalue weighted by Gasteiger charge is 2.13. The highest BCUT2D eigenvalue weighted by atomic mass is 35.5. The van der Waals surface area contributed by atoms with Crippen molar-refractivity contribution in [3.63, 3.8) is 0 Å². The van der Waals surface area contributed by atoms with Gasteiger partial charge in [-0.1, -0.05) is 47.6 Å². The van der Waals surface area contributed by atoms with Crippen molar-refractivity contribution < 1.29 is 9.72 Å². The summed E-state index contributed by atoms with van der Waals surface area (Å²) in [6, 6.07) is 13.2. The first-order chi connectivity index (χ1) is 13.5. The van der Waals surface area contributed by atoms with Crippen LogP contribution in [0.5, 0.6) is 0 Å². The third-order valence-electron chi connectivity index (χ3n) is 3.97. The number of nitro benzene ring substituents is 1. The van der Waals surface area contributed by atoms with Gasteiger partial charge in [0.1, 0.15) is 0 Å². The van der Waals surface area contributed by atoms with Gasteiger partial charge in [-0.15, -0.1) is 10.2 Å². The second kappa shape index (κ2) is 8.85. The molecule has 0 aliphatic heterocycles. The Morgan fingerprint density at radius 2 is 1.93 bits per heavy atom. The molecule has 1 N–H and O–H groups in total. The van der Waals surface area contributed by atoms with E-state index in [4.69, 9.17) is 11.6 Å². The van der Waals surface area contributed by atoms with Crippen LogP contribution in [0.4, 0.5) is 5.69 Å². The van der Waals surface area contributed by atoms with E-state index in [0.717, 1.165) is 5.56 Å². The molecule has 0 aliphatic rings. The minimum atomic E-state index is -0.428. The summed E-state index contributed by atoms with van der Waals surface area (Å²) in [5, 5.41) is 22.8. The molecule has 0 bridgehead atoms. The van der Waals surface area contributed by atoms with Gasteiger partial charge >= 0.3 is 0 Å². The Labute approximate surface area is 170 Å². The number of nitro groups is 1. The molecule has 1 heterocycles. The predicted octanol–water partition coefficient (Wildman–Crippen LogP) is 3.60. The number of carbonyl (C=O) groups excluding carboxylic acids is 1. The minimum Gasteiger partial charge on any atom is -0.345 e. The van der Waals surface area contributed by atoms with Crippen LogP contribution in [-0.4, -0.2) is 25.6 Å². The first-order valence-corrected chi connectivity index (χ1v) is 9.59. The van der Waals surface area contributed by atoms with Crippen molar-refractivity contribution >= 4 is 35.0 Å². The zero-order valence-corrected chi connectivity index (χ0v) is 16.4. The molecule has 0 aliphatic carbocycles.